The van der Waals surface area contributed by atoms with Crippen molar-refractivity contribution in [2.45, 2.75) is 6.42 Å². The normalized spacial score (nSPS) is 10.4. The average Bonchev–Trinajstić information content (AvgIpc) is 3.29. The van der Waals surface area contributed by atoms with E-state index in [1.54, 1.807) is 24.5 Å². The Morgan fingerprint density at radius 1 is 1.33 bits per heavy atom. The van der Waals surface area contributed by atoms with E-state index in [9.17, 15) is 4.79 Å². The second kappa shape index (κ2) is 9.16. The molecule has 5 nitrogen and oxygen atoms in total. The summed E-state index contributed by atoms with van der Waals surface area (Å²) >= 11 is 6.41. The molecule has 0 radical (unpaired) electrons. The number of nitrogens with zero attached hydrogens (tertiary/aromatic N) is 1. The third kappa shape index (κ3) is 5.18. The van der Waals surface area contributed by atoms with Gasteiger partial charge in [-0.3, -0.25) is 10.1 Å². The summed E-state index contributed by atoms with van der Waals surface area (Å²) in [6.07, 6.45) is 2.56. The van der Waals surface area contributed by atoms with Crippen molar-refractivity contribution in [3.8, 4) is 22.1 Å². The summed E-state index contributed by atoms with van der Waals surface area (Å²) in [7, 11) is 1.57. The van der Waals surface area contributed by atoms with E-state index >= 15 is 0 Å². The molecule has 27 heavy (non-hydrogen) atoms. The second-order valence-electron chi connectivity index (χ2n) is 5.46. The first-order valence-corrected chi connectivity index (χ1v) is 10.5. The standard InChI is InChI=1S/C19H17BrN2O3S2/c1-3-4-12-5-6-14(15(9-12)24-2)25-10-18(23)22-19-21-13(11-26-19)16-7-8-17(20)27-16/h3,5-9,11H,1,4,10H2,2H3,(H,21,22,23). The zero-order valence-corrected chi connectivity index (χ0v) is 17.7. The van der Waals surface area contributed by atoms with Gasteiger partial charge in [0.05, 0.1) is 21.5 Å². The number of carbonyl (C=O) groups excluding carboxylic acids is 1. The number of rotatable bonds is 8. The summed E-state index contributed by atoms with van der Waals surface area (Å²) < 4.78 is 12.0. The number of amides is 1. The number of allylic oxidation sites excluding steroid dienone is 1. The van der Waals surface area contributed by atoms with Gasteiger partial charge in [0.1, 0.15) is 0 Å². The van der Waals surface area contributed by atoms with Gasteiger partial charge < -0.3 is 9.47 Å². The summed E-state index contributed by atoms with van der Waals surface area (Å²) in [5, 5.41) is 5.21. The number of thiophene rings is 1. The lowest BCUT2D eigenvalue weighted by molar-refractivity contribution is -0.118. The zero-order valence-electron chi connectivity index (χ0n) is 14.5. The molecule has 0 saturated carbocycles. The molecule has 1 aromatic carbocycles. The first-order valence-electron chi connectivity index (χ1n) is 8.00. The molecule has 0 unspecified atom stereocenters. The van der Waals surface area contributed by atoms with Crippen molar-refractivity contribution in [1.82, 2.24) is 4.98 Å². The number of carbonyl (C=O) groups is 1. The Hall–Kier alpha value is -2.16. The molecule has 140 valence electrons. The number of methoxy groups -OCH3 is 1. The molecular formula is C19H17BrN2O3S2. The number of anilines is 1. The van der Waals surface area contributed by atoms with Crippen LogP contribution in [0, 0.1) is 0 Å². The van der Waals surface area contributed by atoms with Crippen LogP contribution in [0.15, 0.2) is 52.2 Å². The van der Waals surface area contributed by atoms with Gasteiger partial charge in [0.25, 0.3) is 5.91 Å². The minimum absolute atomic E-state index is 0.128. The van der Waals surface area contributed by atoms with Crippen molar-refractivity contribution in [2.75, 3.05) is 19.0 Å². The first kappa shape index (κ1) is 19.6. The monoisotopic (exact) mass is 464 g/mol. The fourth-order valence-electron chi connectivity index (χ4n) is 2.32. The van der Waals surface area contributed by atoms with E-state index in [4.69, 9.17) is 9.47 Å². The molecule has 0 aliphatic heterocycles. The van der Waals surface area contributed by atoms with E-state index in [2.05, 4.69) is 32.8 Å². The van der Waals surface area contributed by atoms with Crippen molar-refractivity contribution in [2.24, 2.45) is 0 Å². The van der Waals surface area contributed by atoms with Crippen molar-refractivity contribution < 1.29 is 14.3 Å². The molecule has 0 bridgehead atoms. The van der Waals surface area contributed by atoms with E-state index < -0.39 is 0 Å². The highest BCUT2D eigenvalue weighted by Crippen LogP contribution is 2.33. The number of ether oxygens (including phenoxy) is 2. The van der Waals surface area contributed by atoms with Gasteiger partial charge in [-0.15, -0.1) is 29.3 Å². The van der Waals surface area contributed by atoms with Crippen LogP contribution in [0.2, 0.25) is 0 Å². The number of halogens is 1. The second-order valence-corrected chi connectivity index (χ2v) is 8.78. The molecule has 3 aromatic rings. The van der Waals surface area contributed by atoms with Crippen LogP contribution < -0.4 is 14.8 Å². The summed E-state index contributed by atoms with van der Waals surface area (Å²) in [6, 6.07) is 9.55. The number of nitrogens with one attached hydrogen (secondary N) is 1. The van der Waals surface area contributed by atoms with Crippen LogP contribution in [-0.2, 0) is 11.2 Å². The Labute approximate surface area is 173 Å². The van der Waals surface area contributed by atoms with Crippen LogP contribution in [0.4, 0.5) is 5.13 Å². The van der Waals surface area contributed by atoms with Crippen molar-refractivity contribution >= 4 is 49.6 Å². The van der Waals surface area contributed by atoms with Crippen LogP contribution >= 0.6 is 38.6 Å². The fraction of sp³-hybridized carbons (Fsp3) is 0.158. The molecule has 0 aliphatic rings. The Morgan fingerprint density at radius 3 is 2.89 bits per heavy atom. The van der Waals surface area contributed by atoms with Crippen molar-refractivity contribution in [3.63, 3.8) is 0 Å². The summed E-state index contributed by atoms with van der Waals surface area (Å²) in [6.45, 7) is 3.60. The third-order valence-electron chi connectivity index (χ3n) is 3.54. The topological polar surface area (TPSA) is 60.5 Å². The number of hydrogen-bond acceptors (Lipinski definition) is 6. The number of aromatic nitrogens is 1. The van der Waals surface area contributed by atoms with Gasteiger partial charge >= 0.3 is 0 Å². The molecule has 0 saturated heterocycles. The molecule has 2 heterocycles. The molecule has 0 fully saturated rings. The Morgan fingerprint density at radius 2 is 2.19 bits per heavy atom. The molecule has 0 spiro atoms. The minimum atomic E-state index is -0.277. The average molecular weight is 465 g/mol. The van der Waals surface area contributed by atoms with Crippen LogP contribution in [0.25, 0.3) is 10.6 Å². The summed E-state index contributed by atoms with van der Waals surface area (Å²) in [4.78, 5) is 17.7. The SMILES string of the molecule is C=CCc1ccc(OCC(=O)Nc2nc(-c3ccc(Br)s3)cs2)c(OC)c1. The third-order valence-corrected chi connectivity index (χ3v) is 5.95. The smallest absolute Gasteiger partial charge is 0.264 e. The van der Waals surface area contributed by atoms with E-state index in [0.717, 1.165) is 26.3 Å². The molecular weight excluding hydrogens is 448 g/mol. The fourth-order valence-corrected chi connectivity index (χ4v) is 4.47. The highest BCUT2D eigenvalue weighted by atomic mass is 79.9. The van der Waals surface area contributed by atoms with E-state index in [1.165, 1.54) is 11.3 Å². The maximum atomic E-state index is 12.2. The highest BCUT2D eigenvalue weighted by Gasteiger charge is 2.12. The van der Waals surface area contributed by atoms with E-state index in [-0.39, 0.29) is 12.5 Å². The maximum absolute atomic E-state index is 12.2. The van der Waals surface area contributed by atoms with E-state index in [0.29, 0.717) is 16.6 Å². The lowest BCUT2D eigenvalue weighted by atomic mass is 10.1. The number of hydrogen-bond donors (Lipinski definition) is 1. The van der Waals surface area contributed by atoms with Gasteiger partial charge in [0, 0.05) is 5.38 Å². The highest BCUT2D eigenvalue weighted by molar-refractivity contribution is 9.11. The molecule has 3 rings (SSSR count). The number of thiazole rings is 1. The van der Waals surface area contributed by atoms with Gasteiger partial charge in [0.2, 0.25) is 0 Å². The minimum Gasteiger partial charge on any atom is -0.493 e. The molecule has 1 N–H and O–H groups in total. The summed E-state index contributed by atoms with van der Waals surface area (Å²) in [5.74, 6) is 0.825. The van der Waals surface area contributed by atoms with Crippen LogP contribution in [0.3, 0.4) is 0 Å². The Bertz CT molecular complexity index is 952. The Balaban J connectivity index is 1.58. The molecule has 2 aromatic heterocycles. The lowest BCUT2D eigenvalue weighted by Crippen LogP contribution is -2.20. The van der Waals surface area contributed by atoms with Gasteiger partial charge in [-0.25, -0.2) is 4.98 Å². The maximum Gasteiger partial charge on any atom is 0.264 e. The molecule has 0 atom stereocenters. The molecule has 0 aliphatic carbocycles. The van der Waals surface area contributed by atoms with Crippen molar-refractivity contribution in [3.05, 3.63) is 57.7 Å². The van der Waals surface area contributed by atoms with Gasteiger partial charge in [-0.2, -0.15) is 0 Å². The predicted octanol–water partition coefficient (Wildman–Crippen LogP) is 5.39. The lowest BCUT2D eigenvalue weighted by Gasteiger charge is -2.11. The van der Waals surface area contributed by atoms with Crippen LogP contribution in [-0.4, -0.2) is 24.6 Å². The zero-order chi connectivity index (χ0) is 19.2. The molecule has 1 amide bonds. The van der Waals surface area contributed by atoms with Gasteiger partial charge in [-0.1, -0.05) is 12.1 Å². The number of benzene rings is 1. The van der Waals surface area contributed by atoms with Gasteiger partial charge in [-0.05, 0) is 52.2 Å². The van der Waals surface area contributed by atoms with Crippen molar-refractivity contribution in [1.29, 1.82) is 0 Å². The molecule has 8 heteroatoms. The van der Waals surface area contributed by atoms with E-state index in [1.807, 2.05) is 35.7 Å². The predicted molar refractivity (Wildman–Crippen MR) is 114 cm³/mol. The quantitative estimate of drug-likeness (QED) is 0.454. The first-order chi connectivity index (χ1) is 13.1. The summed E-state index contributed by atoms with van der Waals surface area (Å²) in [5.41, 5.74) is 1.90. The van der Waals surface area contributed by atoms with Crippen LogP contribution in [0.5, 0.6) is 11.5 Å². The van der Waals surface area contributed by atoms with Crippen LogP contribution in [0.1, 0.15) is 5.56 Å². The largest absolute Gasteiger partial charge is 0.493 e. The Kier molecular flexibility index (Phi) is 6.65. The van der Waals surface area contributed by atoms with Gasteiger partial charge in [0.15, 0.2) is 23.2 Å².